The highest BCUT2D eigenvalue weighted by atomic mass is 32.2. The third-order valence-corrected chi connectivity index (χ3v) is 6.33. The first kappa shape index (κ1) is 19.9. The fourth-order valence-corrected chi connectivity index (χ4v) is 4.67. The van der Waals surface area contributed by atoms with Crippen molar-refractivity contribution in [2.24, 2.45) is 0 Å². The third-order valence-electron chi connectivity index (χ3n) is 4.60. The van der Waals surface area contributed by atoms with Crippen LogP contribution in [0.3, 0.4) is 0 Å². The molecular formula is C22H17N3O3S2. The maximum Gasteiger partial charge on any atom is 0.271 e. The number of rotatable bonds is 6. The van der Waals surface area contributed by atoms with Crippen LogP contribution in [0.2, 0.25) is 0 Å². The van der Waals surface area contributed by atoms with E-state index in [1.165, 1.54) is 12.1 Å². The second kappa shape index (κ2) is 8.56. The molecule has 0 saturated heterocycles. The van der Waals surface area contributed by atoms with Gasteiger partial charge in [-0.25, -0.2) is 0 Å². The van der Waals surface area contributed by atoms with Crippen LogP contribution in [0, 0.1) is 14.9 Å². The molecule has 0 unspecified atom stereocenters. The lowest BCUT2D eigenvalue weighted by Gasteiger charge is -2.09. The van der Waals surface area contributed by atoms with Gasteiger partial charge < -0.3 is 4.98 Å². The Morgan fingerprint density at radius 2 is 1.73 bits per heavy atom. The minimum Gasteiger partial charge on any atom is -0.330 e. The Morgan fingerprint density at radius 1 is 1.07 bits per heavy atom. The molecule has 0 bridgehead atoms. The van der Waals surface area contributed by atoms with Crippen molar-refractivity contribution in [2.75, 3.05) is 0 Å². The van der Waals surface area contributed by atoms with Crippen LogP contribution in [0.25, 0.3) is 22.1 Å². The number of hydrogen-bond donors (Lipinski definition) is 1. The molecule has 0 aliphatic rings. The number of fused-ring (bicyclic) bond motifs is 1. The number of imidazole rings is 1. The summed E-state index contributed by atoms with van der Waals surface area (Å²) in [6, 6.07) is 23.5. The second-order valence-electron chi connectivity index (χ2n) is 6.59. The molecule has 4 rings (SSSR count). The minimum absolute atomic E-state index is 0.0367. The number of non-ortho nitro benzene ring substituents is 1. The van der Waals surface area contributed by atoms with Crippen molar-refractivity contribution in [1.82, 2.24) is 9.55 Å². The van der Waals surface area contributed by atoms with Gasteiger partial charge in [0.25, 0.3) is 5.69 Å². The molecule has 0 fully saturated rings. The summed E-state index contributed by atoms with van der Waals surface area (Å²) >= 11 is 5.44. The monoisotopic (exact) mass is 435 g/mol. The lowest BCUT2D eigenvalue weighted by molar-refractivity contribution is -0.384. The van der Waals surface area contributed by atoms with Gasteiger partial charge in [-0.15, -0.1) is 0 Å². The number of hydrogen-bond acceptors (Lipinski definition) is 4. The van der Waals surface area contributed by atoms with Crippen LogP contribution in [-0.4, -0.2) is 18.7 Å². The number of nitrogens with one attached hydrogen (secondary N) is 1. The lowest BCUT2D eigenvalue weighted by Crippen LogP contribution is -2.01. The number of aromatic amines is 1. The molecule has 3 aromatic carbocycles. The van der Waals surface area contributed by atoms with Crippen molar-refractivity contribution in [3.05, 3.63) is 105 Å². The van der Waals surface area contributed by atoms with Crippen LogP contribution in [0.5, 0.6) is 0 Å². The van der Waals surface area contributed by atoms with Crippen molar-refractivity contribution in [3.8, 4) is 0 Å². The summed E-state index contributed by atoms with van der Waals surface area (Å²) in [5.41, 5.74) is 2.94. The van der Waals surface area contributed by atoms with E-state index < -0.39 is 15.7 Å². The summed E-state index contributed by atoms with van der Waals surface area (Å²) < 4.78 is 15.4. The van der Waals surface area contributed by atoms with Crippen molar-refractivity contribution < 1.29 is 9.13 Å². The van der Waals surface area contributed by atoms with Crippen LogP contribution in [0.4, 0.5) is 5.69 Å². The van der Waals surface area contributed by atoms with E-state index in [-0.39, 0.29) is 5.69 Å². The standard InChI is InChI=1S/C22H17N3O3S2/c26-25(27)18-11-12-19-20(13-18)24(22(29)23-19)14-21(17-9-5-2-6-10-17)30(28)15-16-7-3-1-4-8-16/h1-14H,15H2,(H,23,29)/b21-14-/t30-/m0/s1. The lowest BCUT2D eigenvalue weighted by atomic mass is 10.2. The fourth-order valence-electron chi connectivity index (χ4n) is 3.14. The minimum atomic E-state index is -1.36. The highest BCUT2D eigenvalue weighted by molar-refractivity contribution is 7.94. The maximum absolute atomic E-state index is 13.3. The molecule has 30 heavy (non-hydrogen) atoms. The molecule has 1 aromatic heterocycles. The van der Waals surface area contributed by atoms with Crippen LogP contribution in [0.1, 0.15) is 11.1 Å². The van der Waals surface area contributed by atoms with Gasteiger partial charge >= 0.3 is 0 Å². The quantitative estimate of drug-likeness (QED) is 0.246. The Balaban J connectivity index is 1.86. The van der Waals surface area contributed by atoms with Gasteiger partial charge in [-0.1, -0.05) is 60.7 Å². The number of nitro benzene ring substituents is 1. The number of nitro groups is 1. The zero-order chi connectivity index (χ0) is 21.1. The van der Waals surface area contributed by atoms with Gasteiger partial charge in [0.15, 0.2) is 4.77 Å². The summed E-state index contributed by atoms with van der Waals surface area (Å²) in [4.78, 5) is 14.4. The Hall–Kier alpha value is -3.36. The molecule has 0 aliphatic carbocycles. The van der Waals surface area contributed by atoms with Gasteiger partial charge in [-0.05, 0) is 29.4 Å². The predicted molar refractivity (Wildman–Crippen MR) is 123 cm³/mol. The summed E-state index contributed by atoms with van der Waals surface area (Å²) in [5, 5.41) is 11.2. The highest BCUT2D eigenvalue weighted by Gasteiger charge is 2.15. The molecule has 6 nitrogen and oxygen atoms in total. The van der Waals surface area contributed by atoms with E-state index in [1.807, 2.05) is 60.7 Å². The molecule has 0 spiro atoms. The first-order valence-corrected chi connectivity index (χ1v) is 10.8. The molecular weight excluding hydrogens is 418 g/mol. The topological polar surface area (TPSA) is 80.9 Å². The molecule has 1 N–H and O–H groups in total. The van der Waals surface area contributed by atoms with Gasteiger partial charge in [0, 0.05) is 18.3 Å². The fraction of sp³-hybridized carbons (Fsp3) is 0.0455. The van der Waals surface area contributed by atoms with Gasteiger partial charge in [-0.2, -0.15) is 0 Å². The first-order chi connectivity index (χ1) is 14.5. The van der Waals surface area contributed by atoms with Crippen LogP contribution < -0.4 is 0 Å². The van der Waals surface area contributed by atoms with Crippen molar-refractivity contribution >= 4 is 50.8 Å². The smallest absolute Gasteiger partial charge is 0.271 e. The van der Waals surface area contributed by atoms with E-state index >= 15 is 0 Å². The van der Waals surface area contributed by atoms with Crippen molar-refractivity contribution in [3.63, 3.8) is 0 Å². The maximum atomic E-state index is 13.3. The Morgan fingerprint density at radius 3 is 2.40 bits per heavy atom. The molecule has 0 amide bonds. The predicted octanol–water partition coefficient (Wildman–Crippen LogP) is 5.51. The normalized spacial score (nSPS) is 12.7. The largest absolute Gasteiger partial charge is 0.330 e. The van der Waals surface area contributed by atoms with Gasteiger partial charge in [0.05, 0.1) is 37.4 Å². The summed E-state index contributed by atoms with van der Waals surface area (Å²) in [5.74, 6) is 0.345. The van der Waals surface area contributed by atoms with Crippen LogP contribution in [0.15, 0.2) is 78.9 Å². The molecule has 8 heteroatoms. The third kappa shape index (κ3) is 4.14. The average molecular weight is 436 g/mol. The molecule has 0 aliphatic heterocycles. The van der Waals surface area contributed by atoms with E-state index in [9.17, 15) is 14.3 Å². The molecule has 1 atom stereocenters. The number of nitrogens with zero attached hydrogens (tertiary/aromatic N) is 2. The molecule has 1 heterocycles. The molecule has 150 valence electrons. The van der Waals surface area contributed by atoms with E-state index in [4.69, 9.17) is 12.2 Å². The summed E-state index contributed by atoms with van der Waals surface area (Å²) in [7, 11) is -1.36. The van der Waals surface area contributed by atoms with Crippen molar-refractivity contribution in [2.45, 2.75) is 5.75 Å². The van der Waals surface area contributed by atoms with Crippen LogP contribution in [-0.2, 0) is 16.6 Å². The molecule has 0 saturated carbocycles. The van der Waals surface area contributed by atoms with Crippen molar-refractivity contribution in [1.29, 1.82) is 0 Å². The average Bonchev–Trinajstić information content (AvgIpc) is 3.07. The van der Waals surface area contributed by atoms with E-state index in [0.29, 0.717) is 26.5 Å². The first-order valence-electron chi connectivity index (χ1n) is 9.11. The Kier molecular flexibility index (Phi) is 5.69. The second-order valence-corrected chi connectivity index (χ2v) is 8.40. The number of aromatic nitrogens is 2. The summed E-state index contributed by atoms with van der Waals surface area (Å²) in [6.07, 6.45) is 1.71. The zero-order valence-corrected chi connectivity index (χ0v) is 17.4. The van der Waals surface area contributed by atoms with Crippen LogP contribution >= 0.6 is 12.2 Å². The van der Waals surface area contributed by atoms with Gasteiger partial charge in [0.2, 0.25) is 0 Å². The summed E-state index contributed by atoms with van der Waals surface area (Å²) in [6.45, 7) is 0. The molecule has 0 radical (unpaired) electrons. The number of H-pyrrole nitrogens is 1. The van der Waals surface area contributed by atoms with E-state index in [0.717, 1.165) is 11.1 Å². The SMILES string of the molecule is O=[N+]([O-])c1ccc2[nH]c(=S)n(/C=C(/c3ccccc3)[S@@](=O)Cc3ccccc3)c2c1. The van der Waals surface area contributed by atoms with Gasteiger partial charge in [-0.3, -0.25) is 18.9 Å². The van der Waals surface area contributed by atoms with Gasteiger partial charge in [0.1, 0.15) is 0 Å². The molecule has 4 aromatic rings. The number of benzene rings is 3. The van der Waals surface area contributed by atoms with E-state index in [2.05, 4.69) is 4.98 Å². The highest BCUT2D eigenvalue weighted by Crippen LogP contribution is 2.26. The Labute approximate surface area is 180 Å². The zero-order valence-electron chi connectivity index (χ0n) is 15.7. The van der Waals surface area contributed by atoms with E-state index in [1.54, 1.807) is 16.8 Å². The Bertz CT molecular complexity index is 1330.